The zero-order valence-electron chi connectivity index (χ0n) is 12.2. The van der Waals surface area contributed by atoms with Crippen LogP contribution in [0.1, 0.15) is 38.7 Å². The number of benzene rings is 1. The molecule has 1 aromatic carbocycles. The number of nitrogens with one attached hydrogen (secondary N) is 1. The SMILES string of the molecule is CC(N)C(C)C(=O)NCC1(c2ccc(F)cc2)CCC1. The van der Waals surface area contributed by atoms with Gasteiger partial charge in [-0.15, -0.1) is 0 Å². The van der Waals surface area contributed by atoms with Gasteiger partial charge in [-0.3, -0.25) is 4.79 Å². The van der Waals surface area contributed by atoms with Crippen molar-refractivity contribution in [2.75, 3.05) is 6.54 Å². The summed E-state index contributed by atoms with van der Waals surface area (Å²) < 4.78 is 13.0. The van der Waals surface area contributed by atoms with Crippen LogP contribution < -0.4 is 11.1 Å². The van der Waals surface area contributed by atoms with Gasteiger partial charge in [0.1, 0.15) is 5.82 Å². The van der Waals surface area contributed by atoms with E-state index >= 15 is 0 Å². The maximum absolute atomic E-state index is 13.0. The summed E-state index contributed by atoms with van der Waals surface area (Å²) in [5.74, 6) is -0.424. The molecule has 1 fully saturated rings. The van der Waals surface area contributed by atoms with Gasteiger partial charge in [0, 0.05) is 23.9 Å². The van der Waals surface area contributed by atoms with Gasteiger partial charge in [0.25, 0.3) is 0 Å². The van der Waals surface area contributed by atoms with Crippen molar-refractivity contribution in [2.24, 2.45) is 11.7 Å². The van der Waals surface area contributed by atoms with E-state index in [4.69, 9.17) is 5.73 Å². The summed E-state index contributed by atoms with van der Waals surface area (Å²) in [4.78, 5) is 12.0. The van der Waals surface area contributed by atoms with Crippen molar-refractivity contribution in [3.63, 3.8) is 0 Å². The monoisotopic (exact) mass is 278 g/mol. The minimum absolute atomic E-state index is 0.00612. The normalized spacial score (nSPS) is 19.8. The summed E-state index contributed by atoms with van der Waals surface area (Å²) >= 11 is 0. The number of rotatable bonds is 5. The number of hydrogen-bond donors (Lipinski definition) is 2. The number of halogens is 1. The van der Waals surface area contributed by atoms with E-state index in [2.05, 4.69) is 5.32 Å². The maximum Gasteiger partial charge on any atom is 0.224 e. The van der Waals surface area contributed by atoms with E-state index in [9.17, 15) is 9.18 Å². The molecule has 20 heavy (non-hydrogen) atoms. The van der Waals surface area contributed by atoms with Crippen molar-refractivity contribution >= 4 is 5.91 Å². The van der Waals surface area contributed by atoms with Crippen LogP contribution >= 0.6 is 0 Å². The fourth-order valence-corrected chi connectivity index (χ4v) is 2.63. The minimum atomic E-state index is -0.224. The molecule has 110 valence electrons. The van der Waals surface area contributed by atoms with Crippen LogP contribution in [0.5, 0.6) is 0 Å². The summed E-state index contributed by atoms with van der Waals surface area (Å²) in [5, 5.41) is 3.01. The van der Waals surface area contributed by atoms with E-state index in [1.165, 1.54) is 12.1 Å². The molecule has 2 unspecified atom stereocenters. The van der Waals surface area contributed by atoms with Crippen LogP contribution in [0.25, 0.3) is 0 Å². The molecule has 0 spiro atoms. The third-order valence-corrected chi connectivity index (χ3v) is 4.57. The first kappa shape index (κ1) is 15.0. The van der Waals surface area contributed by atoms with Crippen molar-refractivity contribution in [1.82, 2.24) is 5.32 Å². The summed E-state index contributed by atoms with van der Waals surface area (Å²) in [6.45, 7) is 4.28. The third kappa shape index (κ3) is 3.01. The lowest BCUT2D eigenvalue weighted by molar-refractivity contribution is -0.125. The average Bonchev–Trinajstić information content (AvgIpc) is 2.38. The van der Waals surface area contributed by atoms with Gasteiger partial charge in [0.2, 0.25) is 5.91 Å². The second-order valence-electron chi connectivity index (χ2n) is 6.01. The molecule has 2 atom stereocenters. The van der Waals surface area contributed by atoms with Crippen LogP contribution in [-0.2, 0) is 10.2 Å². The molecule has 0 aliphatic heterocycles. The second-order valence-corrected chi connectivity index (χ2v) is 6.01. The Kier molecular flexibility index (Phi) is 4.43. The Balaban J connectivity index is 2.02. The summed E-state index contributed by atoms with van der Waals surface area (Å²) in [7, 11) is 0. The van der Waals surface area contributed by atoms with Crippen LogP contribution in [-0.4, -0.2) is 18.5 Å². The molecule has 3 nitrogen and oxygen atoms in total. The van der Waals surface area contributed by atoms with Gasteiger partial charge in [-0.2, -0.15) is 0 Å². The van der Waals surface area contributed by atoms with Crippen molar-refractivity contribution in [2.45, 2.75) is 44.6 Å². The number of carbonyl (C=O) groups is 1. The van der Waals surface area contributed by atoms with Gasteiger partial charge < -0.3 is 11.1 Å². The highest BCUT2D eigenvalue weighted by Gasteiger charge is 2.39. The molecule has 1 saturated carbocycles. The van der Waals surface area contributed by atoms with E-state index in [1.54, 1.807) is 0 Å². The molecular weight excluding hydrogens is 255 g/mol. The molecule has 1 aromatic rings. The van der Waals surface area contributed by atoms with Crippen molar-refractivity contribution in [3.8, 4) is 0 Å². The van der Waals surface area contributed by atoms with Gasteiger partial charge in [-0.05, 0) is 37.5 Å². The molecule has 1 amide bonds. The molecule has 0 heterocycles. The van der Waals surface area contributed by atoms with Crippen molar-refractivity contribution in [3.05, 3.63) is 35.6 Å². The fourth-order valence-electron chi connectivity index (χ4n) is 2.63. The topological polar surface area (TPSA) is 55.1 Å². The lowest BCUT2D eigenvalue weighted by atomic mass is 9.64. The highest BCUT2D eigenvalue weighted by Crippen LogP contribution is 2.43. The molecule has 1 aliphatic rings. The van der Waals surface area contributed by atoms with Crippen LogP contribution in [0.15, 0.2) is 24.3 Å². The lowest BCUT2D eigenvalue weighted by Crippen LogP contribution is -2.48. The molecule has 0 saturated heterocycles. The van der Waals surface area contributed by atoms with Gasteiger partial charge in [0.15, 0.2) is 0 Å². The van der Waals surface area contributed by atoms with Gasteiger partial charge in [-0.25, -0.2) is 4.39 Å². The number of carbonyl (C=O) groups excluding carboxylic acids is 1. The average molecular weight is 278 g/mol. The Morgan fingerprint density at radius 1 is 1.35 bits per heavy atom. The minimum Gasteiger partial charge on any atom is -0.355 e. The first-order valence-corrected chi connectivity index (χ1v) is 7.24. The largest absolute Gasteiger partial charge is 0.355 e. The zero-order valence-corrected chi connectivity index (χ0v) is 12.2. The second kappa shape index (κ2) is 5.92. The Bertz CT molecular complexity index is 466. The standard InChI is InChI=1S/C16H23FN2O/c1-11(12(2)18)15(20)19-10-16(8-3-9-16)13-4-6-14(17)7-5-13/h4-7,11-12H,3,8-10,18H2,1-2H3,(H,19,20). The molecule has 4 heteroatoms. The predicted molar refractivity (Wildman–Crippen MR) is 77.8 cm³/mol. The Labute approximate surface area is 119 Å². The molecule has 3 N–H and O–H groups in total. The van der Waals surface area contributed by atoms with E-state index in [0.717, 1.165) is 24.8 Å². The molecular formula is C16H23FN2O. The van der Waals surface area contributed by atoms with E-state index in [-0.39, 0.29) is 29.1 Å². The van der Waals surface area contributed by atoms with Crippen molar-refractivity contribution in [1.29, 1.82) is 0 Å². The van der Waals surface area contributed by atoms with Gasteiger partial charge in [-0.1, -0.05) is 25.5 Å². The first-order valence-electron chi connectivity index (χ1n) is 7.24. The van der Waals surface area contributed by atoms with Crippen LogP contribution in [0, 0.1) is 11.7 Å². The summed E-state index contributed by atoms with van der Waals surface area (Å²) in [6, 6.07) is 6.48. The van der Waals surface area contributed by atoms with E-state index in [0.29, 0.717) is 6.54 Å². The van der Waals surface area contributed by atoms with E-state index < -0.39 is 0 Å². The molecule has 0 bridgehead atoms. The van der Waals surface area contributed by atoms with Crippen LogP contribution in [0.3, 0.4) is 0 Å². The van der Waals surface area contributed by atoms with E-state index in [1.807, 2.05) is 26.0 Å². The van der Waals surface area contributed by atoms with Crippen molar-refractivity contribution < 1.29 is 9.18 Å². The van der Waals surface area contributed by atoms with Gasteiger partial charge in [0.05, 0.1) is 0 Å². The molecule has 1 aliphatic carbocycles. The Morgan fingerprint density at radius 3 is 2.40 bits per heavy atom. The Hall–Kier alpha value is -1.42. The first-order chi connectivity index (χ1) is 9.44. The highest BCUT2D eigenvalue weighted by atomic mass is 19.1. The molecule has 0 radical (unpaired) electrons. The van der Waals surface area contributed by atoms with Crippen LogP contribution in [0.4, 0.5) is 4.39 Å². The quantitative estimate of drug-likeness (QED) is 0.868. The smallest absolute Gasteiger partial charge is 0.224 e. The number of nitrogens with two attached hydrogens (primary N) is 1. The predicted octanol–water partition coefficient (Wildman–Crippen LogP) is 2.35. The van der Waals surface area contributed by atoms with Gasteiger partial charge >= 0.3 is 0 Å². The molecule has 2 rings (SSSR count). The lowest BCUT2D eigenvalue weighted by Gasteiger charge is -2.43. The number of hydrogen-bond acceptors (Lipinski definition) is 2. The summed E-state index contributed by atoms with van der Waals surface area (Å²) in [5.41, 5.74) is 6.83. The summed E-state index contributed by atoms with van der Waals surface area (Å²) in [6.07, 6.45) is 3.22. The molecule has 0 aromatic heterocycles. The number of amides is 1. The maximum atomic E-state index is 13.0. The fraction of sp³-hybridized carbons (Fsp3) is 0.562. The highest BCUT2D eigenvalue weighted by molar-refractivity contribution is 5.79. The Morgan fingerprint density at radius 2 is 1.95 bits per heavy atom. The zero-order chi connectivity index (χ0) is 14.8. The van der Waals surface area contributed by atoms with Crippen LogP contribution in [0.2, 0.25) is 0 Å². The third-order valence-electron chi connectivity index (χ3n) is 4.57.